The Hall–Kier alpha value is -0.900. The van der Waals surface area contributed by atoms with E-state index in [1.807, 2.05) is 11.6 Å². The van der Waals surface area contributed by atoms with Gasteiger partial charge in [0.2, 0.25) is 0 Å². The van der Waals surface area contributed by atoms with Gasteiger partial charge >= 0.3 is 0 Å². The SMILES string of the molecule is CC(NC1CC2CCC1C2)c1nncn1C. The lowest BCUT2D eigenvalue weighted by atomic mass is 9.95. The minimum absolute atomic E-state index is 0.317. The van der Waals surface area contributed by atoms with Gasteiger partial charge in [0.1, 0.15) is 12.2 Å². The number of aromatic nitrogens is 3. The summed E-state index contributed by atoms with van der Waals surface area (Å²) in [5, 5.41) is 11.8. The van der Waals surface area contributed by atoms with Crippen LogP contribution in [0.15, 0.2) is 6.33 Å². The van der Waals surface area contributed by atoms with Crippen molar-refractivity contribution in [1.29, 1.82) is 0 Å². The fourth-order valence-corrected chi connectivity index (χ4v) is 3.53. The van der Waals surface area contributed by atoms with Crippen molar-refractivity contribution in [3.8, 4) is 0 Å². The Morgan fingerprint density at radius 2 is 2.31 bits per heavy atom. The Morgan fingerprint density at radius 3 is 2.88 bits per heavy atom. The Balaban J connectivity index is 1.65. The van der Waals surface area contributed by atoms with Crippen LogP contribution in [0.4, 0.5) is 0 Å². The van der Waals surface area contributed by atoms with E-state index in [0.717, 1.165) is 17.7 Å². The normalized spacial score (nSPS) is 34.5. The summed E-state index contributed by atoms with van der Waals surface area (Å²) in [6.07, 6.45) is 7.47. The number of nitrogens with one attached hydrogen (secondary N) is 1. The highest BCUT2D eigenvalue weighted by atomic mass is 15.3. The van der Waals surface area contributed by atoms with Crippen molar-refractivity contribution in [2.45, 2.75) is 44.7 Å². The number of aryl methyl sites for hydroxylation is 1. The third kappa shape index (κ3) is 1.65. The molecule has 0 spiro atoms. The van der Waals surface area contributed by atoms with E-state index in [-0.39, 0.29) is 0 Å². The Morgan fingerprint density at radius 1 is 1.44 bits per heavy atom. The maximum Gasteiger partial charge on any atom is 0.149 e. The number of hydrogen-bond acceptors (Lipinski definition) is 3. The van der Waals surface area contributed by atoms with Gasteiger partial charge in [0.05, 0.1) is 6.04 Å². The molecule has 1 aromatic rings. The van der Waals surface area contributed by atoms with E-state index >= 15 is 0 Å². The van der Waals surface area contributed by atoms with Crippen LogP contribution in [0.25, 0.3) is 0 Å². The van der Waals surface area contributed by atoms with E-state index in [9.17, 15) is 0 Å². The molecule has 2 saturated carbocycles. The monoisotopic (exact) mass is 220 g/mol. The van der Waals surface area contributed by atoms with E-state index in [0.29, 0.717) is 12.1 Å². The third-order valence-electron chi connectivity index (χ3n) is 4.34. The van der Waals surface area contributed by atoms with Crippen molar-refractivity contribution in [1.82, 2.24) is 20.1 Å². The van der Waals surface area contributed by atoms with Gasteiger partial charge in [0.25, 0.3) is 0 Å². The highest BCUT2D eigenvalue weighted by Gasteiger charge is 2.40. The number of fused-ring (bicyclic) bond motifs is 2. The predicted octanol–water partition coefficient (Wildman–Crippen LogP) is 1.65. The number of nitrogens with zero attached hydrogens (tertiary/aromatic N) is 3. The topological polar surface area (TPSA) is 42.7 Å². The quantitative estimate of drug-likeness (QED) is 0.842. The first kappa shape index (κ1) is 10.3. The molecule has 2 aliphatic carbocycles. The molecule has 2 aliphatic rings. The van der Waals surface area contributed by atoms with Gasteiger partial charge < -0.3 is 9.88 Å². The molecular formula is C12H20N4. The average molecular weight is 220 g/mol. The lowest BCUT2D eigenvalue weighted by Gasteiger charge is -2.26. The Bertz CT molecular complexity index is 373. The first-order valence-electron chi connectivity index (χ1n) is 6.34. The largest absolute Gasteiger partial charge is 0.319 e. The molecule has 0 radical (unpaired) electrons. The Labute approximate surface area is 96.4 Å². The second-order valence-electron chi connectivity index (χ2n) is 5.47. The van der Waals surface area contributed by atoms with Crippen molar-refractivity contribution < 1.29 is 0 Å². The average Bonchev–Trinajstić information content (AvgIpc) is 2.92. The van der Waals surface area contributed by atoms with Gasteiger partial charge in [-0.25, -0.2) is 0 Å². The molecule has 4 unspecified atom stereocenters. The van der Waals surface area contributed by atoms with Crippen molar-refractivity contribution in [3.63, 3.8) is 0 Å². The lowest BCUT2D eigenvalue weighted by molar-refractivity contribution is 0.320. The van der Waals surface area contributed by atoms with Crippen LogP contribution in [0.3, 0.4) is 0 Å². The molecule has 4 atom stereocenters. The predicted molar refractivity (Wildman–Crippen MR) is 61.8 cm³/mol. The summed E-state index contributed by atoms with van der Waals surface area (Å²) >= 11 is 0. The van der Waals surface area contributed by atoms with E-state index in [4.69, 9.17) is 0 Å². The maximum absolute atomic E-state index is 4.17. The van der Waals surface area contributed by atoms with Gasteiger partial charge in [-0.2, -0.15) is 0 Å². The van der Waals surface area contributed by atoms with Crippen molar-refractivity contribution in [3.05, 3.63) is 12.2 Å². The molecule has 1 N–H and O–H groups in total. The van der Waals surface area contributed by atoms with E-state index in [2.05, 4.69) is 22.4 Å². The molecule has 0 aromatic carbocycles. The molecule has 4 nitrogen and oxygen atoms in total. The summed E-state index contributed by atoms with van der Waals surface area (Å²) in [4.78, 5) is 0. The van der Waals surface area contributed by atoms with Crippen LogP contribution >= 0.6 is 0 Å². The summed E-state index contributed by atoms with van der Waals surface area (Å²) in [6.45, 7) is 2.19. The van der Waals surface area contributed by atoms with Crippen LogP contribution < -0.4 is 5.32 Å². The fourth-order valence-electron chi connectivity index (χ4n) is 3.53. The second-order valence-corrected chi connectivity index (χ2v) is 5.47. The summed E-state index contributed by atoms with van der Waals surface area (Å²) < 4.78 is 2.00. The van der Waals surface area contributed by atoms with Gasteiger partial charge in [-0.3, -0.25) is 0 Å². The summed E-state index contributed by atoms with van der Waals surface area (Å²) in [5.74, 6) is 2.96. The van der Waals surface area contributed by atoms with E-state index in [1.54, 1.807) is 6.33 Å². The molecule has 1 aromatic heterocycles. The van der Waals surface area contributed by atoms with Crippen LogP contribution in [0, 0.1) is 11.8 Å². The van der Waals surface area contributed by atoms with Gasteiger partial charge in [0, 0.05) is 13.1 Å². The molecule has 2 fully saturated rings. The van der Waals surface area contributed by atoms with E-state index < -0.39 is 0 Å². The zero-order valence-electron chi connectivity index (χ0n) is 10.1. The molecular weight excluding hydrogens is 200 g/mol. The highest BCUT2D eigenvalue weighted by Crippen LogP contribution is 2.44. The number of rotatable bonds is 3. The Kier molecular flexibility index (Phi) is 2.46. The standard InChI is InChI=1S/C12H20N4/c1-8(12-15-13-7-16(12)2)14-11-6-9-3-4-10(11)5-9/h7-11,14H,3-6H2,1-2H3. The van der Waals surface area contributed by atoms with Gasteiger partial charge in [0.15, 0.2) is 0 Å². The third-order valence-corrected chi connectivity index (χ3v) is 4.34. The minimum atomic E-state index is 0.317. The number of hydrogen-bond donors (Lipinski definition) is 1. The van der Waals surface area contributed by atoms with Crippen LogP contribution in [-0.2, 0) is 7.05 Å². The van der Waals surface area contributed by atoms with Crippen molar-refractivity contribution in [2.75, 3.05) is 0 Å². The molecule has 1 heterocycles. The first-order chi connectivity index (χ1) is 7.74. The summed E-state index contributed by atoms with van der Waals surface area (Å²) in [6, 6.07) is 1.03. The van der Waals surface area contributed by atoms with Crippen molar-refractivity contribution in [2.24, 2.45) is 18.9 Å². The lowest BCUT2D eigenvalue weighted by Crippen LogP contribution is -2.36. The van der Waals surface area contributed by atoms with Gasteiger partial charge in [-0.1, -0.05) is 6.42 Å². The molecule has 0 amide bonds. The highest BCUT2D eigenvalue weighted by molar-refractivity contribution is 4.99. The molecule has 2 bridgehead atoms. The minimum Gasteiger partial charge on any atom is -0.319 e. The second kappa shape index (κ2) is 3.84. The summed E-state index contributed by atoms with van der Waals surface area (Å²) in [7, 11) is 2.01. The molecule has 16 heavy (non-hydrogen) atoms. The van der Waals surface area contributed by atoms with Crippen LogP contribution in [0.5, 0.6) is 0 Å². The maximum atomic E-state index is 4.17. The molecule has 0 saturated heterocycles. The fraction of sp³-hybridized carbons (Fsp3) is 0.833. The molecule has 4 heteroatoms. The van der Waals surface area contributed by atoms with Crippen LogP contribution in [-0.4, -0.2) is 20.8 Å². The smallest absolute Gasteiger partial charge is 0.149 e. The van der Waals surface area contributed by atoms with Gasteiger partial charge in [-0.05, 0) is 38.0 Å². The summed E-state index contributed by atoms with van der Waals surface area (Å²) in [5.41, 5.74) is 0. The molecule has 3 rings (SSSR count). The zero-order valence-corrected chi connectivity index (χ0v) is 10.1. The van der Waals surface area contributed by atoms with E-state index in [1.165, 1.54) is 25.7 Å². The van der Waals surface area contributed by atoms with Crippen LogP contribution in [0.1, 0.15) is 44.5 Å². The van der Waals surface area contributed by atoms with Crippen LogP contribution in [0.2, 0.25) is 0 Å². The first-order valence-corrected chi connectivity index (χ1v) is 6.34. The van der Waals surface area contributed by atoms with Gasteiger partial charge in [-0.15, -0.1) is 10.2 Å². The molecule has 0 aliphatic heterocycles. The molecule has 88 valence electrons. The zero-order chi connectivity index (χ0) is 11.1. The van der Waals surface area contributed by atoms with Crippen molar-refractivity contribution >= 4 is 0 Å².